The molecule has 3 aliphatic heterocycles. The fourth-order valence-corrected chi connectivity index (χ4v) is 5.94. The van der Waals surface area contributed by atoms with Crippen LogP contribution in [0.25, 0.3) is 11.4 Å². The van der Waals surface area contributed by atoms with Crippen molar-refractivity contribution in [1.82, 2.24) is 30.4 Å². The Kier molecular flexibility index (Phi) is 4.43. The maximum Gasteiger partial charge on any atom is 0.333 e. The molecule has 1 saturated heterocycles. The van der Waals surface area contributed by atoms with E-state index in [1.54, 1.807) is 0 Å². The van der Waals surface area contributed by atoms with Gasteiger partial charge in [0.1, 0.15) is 6.61 Å². The van der Waals surface area contributed by atoms with Crippen molar-refractivity contribution in [3.05, 3.63) is 41.1 Å². The molecule has 0 bridgehead atoms. The molecule has 32 heavy (non-hydrogen) atoms. The molecule has 1 N–H and O–H groups in total. The highest BCUT2D eigenvalue weighted by molar-refractivity contribution is 5.91. The predicted octanol–water partition coefficient (Wildman–Crippen LogP) is 1.78. The van der Waals surface area contributed by atoms with Crippen LogP contribution in [-0.2, 0) is 27.4 Å². The van der Waals surface area contributed by atoms with Gasteiger partial charge < -0.3 is 15.0 Å². The summed E-state index contributed by atoms with van der Waals surface area (Å²) in [6, 6.07) is 6.99. The summed E-state index contributed by atoms with van der Waals surface area (Å²) in [4.78, 5) is 26.6. The Morgan fingerprint density at radius 3 is 2.88 bits per heavy atom. The first kappa shape index (κ1) is 19.6. The van der Waals surface area contributed by atoms with Gasteiger partial charge >= 0.3 is 5.97 Å². The number of tetrazole rings is 1. The molecule has 2 aromatic rings. The Morgan fingerprint density at radius 2 is 2.09 bits per heavy atom. The summed E-state index contributed by atoms with van der Waals surface area (Å²) in [7, 11) is 0. The fourth-order valence-electron chi connectivity index (χ4n) is 5.94. The van der Waals surface area contributed by atoms with E-state index in [0.717, 1.165) is 56.6 Å². The SMILES string of the molecule is C[C@H]1C[C@]2(CC[C@H](NCc3ccc4c(c3)Cn3nnnc3-4)CC2)C(=O)N1C1=CC(=O)OC1. The normalized spacial score (nSPS) is 28.8. The molecule has 1 aliphatic carbocycles. The van der Waals surface area contributed by atoms with Gasteiger partial charge in [0, 0.05) is 30.3 Å². The van der Waals surface area contributed by atoms with Gasteiger partial charge in [-0.25, -0.2) is 9.48 Å². The highest BCUT2D eigenvalue weighted by atomic mass is 16.5. The third-order valence-electron chi connectivity index (χ3n) is 7.56. The molecule has 1 amide bonds. The second-order valence-corrected chi connectivity index (χ2v) is 9.56. The summed E-state index contributed by atoms with van der Waals surface area (Å²) in [5, 5.41) is 15.5. The third kappa shape index (κ3) is 3.06. The monoisotopic (exact) mass is 434 g/mol. The molecule has 9 nitrogen and oxygen atoms in total. The second-order valence-electron chi connectivity index (χ2n) is 9.56. The Bertz CT molecular complexity index is 1130. The van der Waals surface area contributed by atoms with Crippen LogP contribution in [0, 0.1) is 5.41 Å². The lowest BCUT2D eigenvalue weighted by atomic mass is 9.70. The van der Waals surface area contributed by atoms with Crippen molar-refractivity contribution >= 4 is 11.9 Å². The zero-order chi connectivity index (χ0) is 21.9. The molecule has 1 aromatic carbocycles. The van der Waals surface area contributed by atoms with Crippen LogP contribution in [0.15, 0.2) is 30.0 Å². The van der Waals surface area contributed by atoms with Crippen LogP contribution in [0.2, 0.25) is 0 Å². The topological polar surface area (TPSA) is 102 Å². The van der Waals surface area contributed by atoms with E-state index < -0.39 is 0 Å². The van der Waals surface area contributed by atoms with E-state index in [4.69, 9.17) is 4.74 Å². The van der Waals surface area contributed by atoms with Crippen LogP contribution >= 0.6 is 0 Å². The minimum Gasteiger partial charge on any atom is -0.456 e. The number of ether oxygens (including phenoxy) is 1. The van der Waals surface area contributed by atoms with Crippen LogP contribution in [0.3, 0.4) is 0 Å². The van der Waals surface area contributed by atoms with E-state index >= 15 is 0 Å². The number of nitrogens with one attached hydrogen (secondary N) is 1. The van der Waals surface area contributed by atoms with Crippen LogP contribution in [-0.4, -0.2) is 55.7 Å². The molecule has 4 heterocycles. The molecule has 1 aromatic heterocycles. The van der Waals surface area contributed by atoms with Gasteiger partial charge in [-0.1, -0.05) is 18.2 Å². The minimum atomic E-state index is -0.349. The third-order valence-corrected chi connectivity index (χ3v) is 7.56. The molecule has 166 valence electrons. The van der Waals surface area contributed by atoms with E-state index in [1.807, 2.05) is 9.58 Å². The van der Waals surface area contributed by atoms with Crippen molar-refractivity contribution < 1.29 is 14.3 Å². The van der Waals surface area contributed by atoms with Crippen molar-refractivity contribution in [2.24, 2.45) is 5.41 Å². The molecule has 2 fully saturated rings. The first-order chi connectivity index (χ1) is 15.5. The summed E-state index contributed by atoms with van der Waals surface area (Å²) in [5.74, 6) is 0.663. The quantitative estimate of drug-likeness (QED) is 0.625. The summed E-state index contributed by atoms with van der Waals surface area (Å²) in [6.07, 6.45) is 6.06. The first-order valence-corrected chi connectivity index (χ1v) is 11.4. The Hall–Kier alpha value is -3.07. The molecule has 6 rings (SSSR count). The number of hydrogen-bond acceptors (Lipinski definition) is 7. The number of carbonyl (C=O) groups excluding carboxylic acids is 2. The zero-order valence-corrected chi connectivity index (χ0v) is 18.1. The summed E-state index contributed by atoms with van der Waals surface area (Å²) in [6.45, 7) is 3.82. The lowest BCUT2D eigenvalue weighted by Crippen LogP contribution is -2.42. The average molecular weight is 435 g/mol. The van der Waals surface area contributed by atoms with Gasteiger partial charge in [-0.2, -0.15) is 0 Å². The molecular formula is C23H26N6O3. The zero-order valence-electron chi connectivity index (χ0n) is 18.1. The standard InChI is InChI=1S/C23H26N6O3/c1-14-10-23(22(31)29(14)18-9-20(30)32-13-18)6-4-17(5-7-23)24-11-15-2-3-19-16(8-15)12-28-21(19)25-26-27-28/h2-3,8-9,14,17,24H,4-7,10-13H2,1H3/t14-,17-,23+/m0/s1. The molecule has 1 spiro atoms. The Labute approximate surface area is 185 Å². The van der Waals surface area contributed by atoms with Crippen LogP contribution in [0.5, 0.6) is 0 Å². The second kappa shape index (κ2) is 7.23. The number of amides is 1. The van der Waals surface area contributed by atoms with E-state index in [0.29, 0.717) is 11.7 Å². The highest BCUT2D eigenvalue weighted by Crippen LogP contribution is 2.48. The maximum atomic E-state index is 13.3. The number of likely N-dealkylation sites (tertiary alicyclic amines) is 1. The maximum absolute atomic E-state index is 13.3. The van der Waals surface area contributed by atoms with Crippen LogP contribution in [0.4, 0.5) is 0 Å². The van der Waals surface area contributed by atoms with Gasteiger partial charge in [0.05, 0.1) is 17.7 Å². The van der Waals surface area contributed by atoms with Crippen molar-refractivity contribution in [1.29, 1.82) is 0 Å². The number of rotatable bonds is 4. The fraction of sp³-hybridized carbons (Fsp3) is 0.522. The molecule has 0 unspecified atom stereocenters. The highest BCUT2D eigenvalue weighted by Gasteiger charge is 2.52. The summed E-state index contributed by atoms with van der Waals surface area (Å²) < 4.78 is 6.86. The van der Waals surface area contributed by atoms with Gasteiger partial charge in [-0.3, -0.25) is 4.79 Å². The van der Waals surface area contributed by atoms with Crippen molar-refractivity contribution in [3.8, 4) is 11.4 Å². The number of benzene rings is 1. The summed E-state index contributed by atoms with van der Waals surface area (Å²) >= 11 is 0. The lowest BCUT2D eigenvalue weighted by molar-refractivity contribution is -0.138. The smallest absolute Gasteiger partial charge is 0.333 e. The number of aromatic nitrogens is 4. The average Bonchev–Trinajstić information content (AvgIpc) is 3.52. The van der Waals surface area contributed by atoms with E-state index in [1.165, 1.54) is 17.2 Å². The number of cyclic esters (lactones) is 1. The lowest BCUT2D eigenvalue weighted by Gasteiger charge is -2.36. The van der Waals surface area contributed by atoms with Crippen molar-refractivity contribution in [3.63, 3.8) is 0 Å². The minimum absolute atomic E-state index is 0.110. The number of carbonyl (C=O) groups is 2. The molecule has 1 saturated carbocycles. The molecule has 1 atom stereocenters. The molecule has 0 radical (unpaired) electrons. The van der Waals surface area contributed by atoms with Crippen LogP contribution in [0.1, 0.15) is 50.2 Å². The largest absolute Gasteiger partial charge is 0.456 e. The van der Waals surface area contributed by atoms with Crippen LogP contribution < -0.4 is 5.32 Å². The summed E-state index contributed by atoms with van der Waals surface area (Å²) in [5.41, 5.74) is 4.02. The van der Waals surface area contributed by atoms with Gasteiger partial charge in [0.25, 0.3) is 0 Å². The molecular weight excluding hydrogens is 408 g/mol. The number of hydrogen-bond donors (Lipinski definition) is 1. The number of fused-ring (bicyclic) bond motifs is 3. The van der Waals surface area contributed by atoms with Crippen molar-refractivity contribution in [2.45, 2.75) is 64.2 Å². The number of esters is 1. The van der Waals surface area contributed by atoms with Gasteiger partial charge in [0.2, 0.25) is 5.91 Å². The Morgan fingerprint density at radius 1 is 1.25 bits per heavy atom. The van der Waals surface area contributed by atoms with Gasteiger partial charge in [0.15, 0.2) is 5.82 Å². The molecule has 4 aliphatic rings. The van der Waals surface area contributed by atoms with E-state index in [2.05, 4.69) is 46.0 Å². The van der Waals surface area contributed by atoms with Gasteiger partial charge in [-0.15, -0.1) is 5.10 Å². The van der Waals surface area contributed by atoms with E-state index in [-0.39, 0.29) is 29.9 Å². The number of nitrogens with zero attached hydrogens (tertiary/aromatic N) is 5. The first-order valence-electron chi connectivity index (χ1n) is 11.4. The predicted molar refractivity (Wildman–Crippen MR) is 114 cm³/mol. The van der Waals surface area contributed by atoms with Crippen molar-refractivity contribution in [2.75, 3.05) is 6.61 Å². The Balaban J connectivity index is 1.07. The molecule has 9 heteroatoms. The van der Waals surface area contributed by atoms with Gasteiger partial charge in [-0.05, 0) is 60.6 Å². The van der Waals surface area contributed by atoms with E-state index in [9.17, 15) is 9.59 Å².